The van der Waals surface area contributed by atoms with Crippen molar-refractivity contribution in [1.82, 2.24) is 0 Å². The zero-order valence-electron chi connectivity index (χ0n) is 11.9. The van der Waals surface area contributed by atoms with Gasteiger partial charge in [-0.3, -0.25) is 4.79 Å². The van der Waals surface area contributed by atoms with Crippen molar-refractivity contribution < 1.29 is 19.8 Å². The SMILES string of the molecule is C/C(=C\c1ccc(O)cc1)C(=O)Nc1ccc(C(=O)O)cc1. The number of hydrogen-bond acceptors (Lipinski definition) is 3. The Morgan fingerprint density at radius 2 is 1.59 bits per heavy atom. The standard InChI is InChI=1S/C17H15NO4/c1-11(10-12-2-8-15(19)9-3-12)16(20)18-14-6-4-13(5-7-14)17(21)22/h2-10,19H,1H3,(H,18,20)(H,21,22)/b11-10+. The molecule has 2 aromatic carbocycles. The highest BCUT2D eigenvalue weighted by atomic mass is 16.4. The number of benzene rings is 2. The number of carbonyl (C=O) groups is 2. The minimum absolute atomic E-state index is 0.161. The molecule has 3 N–H and O–H groups in total. The van der Waals surface area contributed by atoms with Gasteiger partial charge in [0.2, 0.25) is 0 Å². The molecule has 2 aromatic rings. The van der Waals surface area contributed by atoms with Crippen LogP contribution in [0.5, 0.6) is 5.75 Å². The Bertz CT molecular complexity index is 715. The first-order valence-electron chi connectivity index (χ1n) is 6.58. The van der Waals surface area contributed by atoms with Gasteiger partial charge < -0.3 is 15.5 Å². The molecule has 0 fully saturated rings. The molecule has 2 rings (SSSR count). The van der Waals surface area contributed by atoms with E-state index in [4.69, 9.17) is 5.11 Å². The van der Waals surface area contributed by atoms with Crippen LogP contribution in [0, 0.1) is 0 Å². The van der Waals surface area contributed by atoms with Crippen LogP contribution in [0.4, 0.5) is 5.69 Å². The number of phenols is 1. The lowest BCUT2D eigenvalue weighted by molar-refractivity contribution is -0.112. The molecule has 0 aromatic heterocycles. The van der Waals surface area contributed by atoms with E-state index in [2.05, 4.69) is 5.32 Å². The van der Waals surface area contributed by atoms with Gasteiger partial charge >= 0.3 is 5.97 Å². The fourth-order valence-corrected chi connectivity index (χ4v) is 1.81. The van der Waals surface area contributed by atoms with Gasteiger partial charge in [0.05, 0.1) is 5.56 Å². The molecule has 22 heavy (non-hydrogen) atoms. The summed E-state index contributed by atoms with van der Waals surface area (Å²) < 4.78 is 0. The van der Waals surface area contributed by atoms with Gasteiger partial charge in [-0.2, -0.15) is 0 Å². The van der Waals surface area contributed by atoms with Crippen molar-refractivity contribution in [3.05, 3.63) is 65.2 Å². The summed E-state index contributed by atoms with van der Waals surface area (Å²) in [6, 6.07) is 12.4. The molecular formula is C17H15NO4. The number of carbonyl (C=O) groups excluding carboxylic acids is 1. The zero-order chi connectivity index (χ0) is 16.1. The first-order chi connectivity index (χ1) is 10.5. The first kappa shape index (κ1) is 15.3. The summed E-state index contributed by atoms with van der Waals surface area (Å²) in [4.78, 5) is 22.8. The second kappa shape index (κ2) is 6.58. The number of hydrogen-bond donors (Lipinski definition) is 3. The molecule has 5 heteroatoms. The maximum Gasteiger partial charge on any atom is 0.335 e. The molecule has 0 saturated carbocycles. The lowest BCUT2D eigenvalue weighted by Crippen LogP contribution is -2.12. The van der Waals surface area contributed by atoms with Crippen LogP contribution < -0.4 is 5.32 Å². The molecule has 0 aliphatic carbocycles. The molecule has 112 valence electrons. The van der Waals surface area contributed by atoms with Gasteiger partial charge in [-0.25, -0.2) is 4.79 Å². The monoisotopic (exact) mass is 297 g/mol. The van der Waals surface area contributed by atoms with Crippen LogP contribution in [0.3, 0.4) is 0 Å². The molecule has 1 amide bonds. The third-order valence-electron chi connectivity index (χ3n) is 3.02. The van der Waals surface area contributed by atoms with Gasteiger partial charge in [-0.05, 0) is 55.0 Å². The maximum absolute atomic E-state index is 12.1. The van der Waals surface area contributed by atoms with E-state index < -0.39 is 5.97 Å². The smallest absolute Gasteiger partial charge is 0.335 e. The van der Waals surface area contributed by atoms with Gasteiger partial charge in [-0.1, -0.05) is 12.1 Å². The number of carboxylic acid groups (broad SMARTS) is 1. The van der Waals surface area contributed by atoms with E-state index >= 15 is 0 Å². The van der Waals surface area contributed by atoms with Crippen LogP contribution in [0.2, 0.25) is 0 Å². The van der Waals surface area contributed by atoms with Crippen molar-refractivity contribution in [2.45, 2.75) is 6.92 Å². The van der Waals surface area contributed by atoms with Crippen LogP contribution in [0.15, 0.2) is 54.1 Å². The van der Waals surface area contributed by atoms with E-state index in [0.717, 1.165) is 5.56 Å². The highest BCUT2D eigenvalue weighted by Gasteiger charge is 2.06. The lowest BCUT2D eigenvalue weighted by atomic mass is 10.1. The van der Waals surface area contributed by atoms with E-state index in [1.807, 2.05) is 0 Å². The van der Waals surface area contributed by atoms with Gasteiger partial charge in [0.15, 0.2) is 0 Å². The van der Waals surface area contributed by atoms with Gasteiger partial charge in [0.1, 0.15) is 5.75 Å². The van der Waals surface area contributed by atoms with Crippen molar-refractivity contribution in [1.29, 1.82) is 0 Å². The molecule has 0 bridgehead atoms. The third-order valence-corrected chi connectivity index (χ3v) is 3.02. The van der Waals surface area contributed by atoms with Crippen LogP contribution in [-0.2, 0) is 4.79 Å². The molecule has 5 nitrogen and oxygen atoms in total. The predicted octanol–water partition coefficient (Wildman–Crippen LogP) is 3.13. The number of anilines is 1. The topological polar surface area (TPSA) is 86.6 Å². The summed E-state index contributed by atoms with van der Waals surface area (Å²) >= 11 is 0. The number of phenolic OH excluding ortho intramolecular Hbond substituents is 1. The summed E-state index contributed by atoms with van der Waals surface area (Å²) in [5.41, 5.74) is 1.97. The van der Waals surface area contributed by atoms with E-state index in [1.165, 1.54) is 24.3 Å². The predicted molar refractivity (Wildman–Crippen MR) is 83.8 cm³/mol. The Hall–Kier alpha value is -3.08. The lowest BCUT2D eigenvalue weighted by Gasteiger charge is -2.06. The van der Waals surface area contributed by atoms with Crippen LogP contribution in [-0.4, -0.2) is 22.1 Å². The summed E-state index contributed by atoms with van der Waals surface area (Å²) in [5.74, 6) is -1.13. The Kier molecular flexibility index (Phi) is 4.58. The largest absolute Gasteiger partial charge is 0.508 e. The quantitative estimate of drug-likeness (QED) is 0.757. The Balaban J connectivity index is 2.07. The minimum atomic E-state index is -1.01. The fourth-order valence-electron chi connectivity index (χ4n) is 1.81. The fraction of sp³-hybridized carbons (Fsp3) is 0.0588. The summed E-state index contributed by atoms with van der Waals surface area (Å²) in [7, 11) is 0. The van der Waals surface area contributed by atoms with Crippen molar-refractivity contribution in [3.63, 3.8) is 0 Å². The summed E-state index contributed by atoms with van der Waals surface area (Å²) in [5, 5.41) is 20.7. The van der Waals surface area contributed by atoms with Crippen molar-refractivity contribution in [2.24, 2.45) is 0 Å². The van der Waals surface area contributed by atoms with E-state index in [1.54, 1.807) is 37.3 Å². The number of nitrogens with one attached hydrogen (secondary N) is 1. The average Bonchev–Trinajstić information content (AvgIpc) is 2.50. The number of aromatic carboxylic acids is 1. The first-order valence-corrected chi connectivity index (χ1v) is 6.58. The Morgan fingerprint density at radius 3 is 2.14 bits per heavy atom. The third kappa shape index (κ3) is 3.96. The minimum Gasteiger partial charge on any atom is -0.508 e. The summed E-state index contributed by atoms with van der Waals surface area (Å²) in [6.07, 6.45) is 1.69. The van der Waals surface area contributed by atoms with Gasteiger partial charge in [0, 0.05) is 11.3 Å². The van der Waals surface area contributed by atoms with Crippen molar-refractivity contribution in [3.8, 4) is 5.75 Å². The average molecular weight is 297 g/mol. The number of amides is 1. The van der Waals surface area contributed by atoms with E-state index in [9.17, 15) is 14.7 Å². The van der Waals surface area contributed by atoms with Gasteiger partial charge in [0.25, 0.3) is 5.91 Å². The Labute approximate surface area is 127 Å². The number of rotatable bonds is 4. The molecule has 0 saturated heterocycles. The van der Waals surface area contributed by atoms with E-state index in [-0.39, 0.29) is 17.2 Å². The molecule has 0 atom stereocenters. The second-order valence-electron chi connectivity index (χ2n) is 4.76. The van der Waals surface area contributed by atoms with Crippen LogP contribution in [0.25, 0.3) is 6.08 Å². The highest BCUT2D eigenvalue weighted by Crippen LogP contribution is 2.15. The Morgan fingerprint density at radius 1 is 1.00 bits per heavy atom. The van der Waals surface area contributed by atoms with Crippen molar-refractivity contribution in [2.75, 3.05) is 5.32 Å². The summed E-state index contributed by atoms with van der Waals surface area (Å²) in [6.45, 7) is 1.67. The van der Waals surface area contributed by atoms with Crippen molar-refractivity contribution >= 4 is 23.6 Å². The van der Waals surface area contributed by atoms with Crippen LogP contribution >= 0.6 is 0 Å². The van der Waals surface area contributed by atoms with E-state index in [0.29, 0.717) is 11.3 Å². The second-order valence-corrected chi connectivity index (χ2v) is 4.76. The molecule has 0 heterocycles. The zero-order valence-corrected chi connectivity index (χ0v) is 11.9. The molecule has 0 aliphatic rings. The molecular weight excluding hydrogens is 282 g/mol. The number of aromatic hydroxyl groups is 1. The van der Waals surface area contributed by atoms with Crippen LogP contribution in [0.1, 0.15) is 22.8 Å². The number of carboxylic acids is 1. The molecule has 0 aliphatic heterocycles. The molecule has 0 unspecified atom stereocenters. The molecule has 0 radical (unpaired) electrons. The normalized spacial score (nSPS) is 11.0. The maximum atomic E-state index is 12.1. The highest BCUT2D eigenvalue weighted by molar-refractivity contribution is 6.06. The van der Waals surface area contributed by atoms with Gasteiger partial charge in [-0.15, -0.1) is 0 Å². The molecule has 0 spiro atoms.